The summed E-state index contributed by atoms with van der Waals surface area (Å²) in [5, 5.41) is 2.24. The summed E-state index contributed by atoms with van der Waals surface area (Å²) in [6, 6.07) is 9.75. The Morgan fingerprint density at radius 1 is 1.04 bits per heavy atom. The summed E-state index contributed by atoms with van der Waals surface area (Å²) in [6.07, 6.45) is 2.69. The molecule has 0 aliphatic heterocycles. The van der Waals surface area contributed by atoms with Crippen molar-refractivity contribution < 1.29 is 13.6 Å². The number of halogens is 2. The molecule has 0 atom stereocenters. The van der Waals surface area contributed by atoms with Crippen LogP contribution in [0.2, 0.25) is 0 Å². The highest BCUT2D eigenvalue weighted by molar-refractivity contribution is 5.90. The van der Waals surface area contributed by atoms with Crippen LogP contribution in [0.15, 0.2) is 64.4 Å². The van der Waals surface area contributed by atoms with Crippen LogP contribution in [0.25, 0.3) is 5.69 Å². The zero-order valence-corrected chi connectivity index (χ0v) is 14.3. The monoisotopic (exact) mass is 371 g/mol. The van der Waals surface area contributed by atoms with Gasteiger partial charge in [0, 0.05) is 18.5 Å². The van der Waals surface area contributed by atoms with Gasteiger partial charge in [0.25, 0.3) is 0 Å². The number of nitrogens with zero attached hydrogens (tertiary/aromatic N) is 2. The van der Waals surface area contributed by atoms with Gasteiger partial charge in [-0.25, -0.2) is 8.78 Å². The van der Waals surface area contributed by atoms with Crippen molar-refractivity contribution in [1.82, 2.24) is 9.13 Å². The zero-order valence-electron chi connectivity index (χ0n) is 14.3. The van der Waals surface area contributed by atoms with E-state index < -0.39 is 35.2 Å². The van der Waals surface area contributed by atoms with Crippen molar-refractivity contribution >= 4 is 11.6 Å². The fraction of sp³-hybridized carbons (Fsp3) is 0.105. The first-order valence-corrected chi connectivity index (χ1v) is 8.00. The number of aromatic nitrogens is 2. The molecule has 0 aliphatic rings. The van der Waals surface area contributed by atoms with Gasteiger partial charge in [-0.3, -0.25) is 23.5 Å². The molecule has 0 radical (unpaired) electrons. The van der Waals surface area contributed by atoms with E-state index in [-0.39, 0.29) is 5.69 Å². The van der Waals surface area contributed by atoms with Gasteiger partial charge in [0.15, 0.2) is 0 Å². The minimum absolute atomic E-state index is 0.220. The van der Waals surface area contributed by atoms with E-state index in [0.717, 1.165) is 22.3 Å². The van der Waals surface area contributed by atoms with E-state index in [4.69, 9.17) is 0 Å². The van der Waals surface area contributed by atoms with Crippen molar-refractivity contribution in [3.8, 4) is 5.69 Å². The van der Waals surface area contributed by atoms with Crippen LogP contribution in [-0.4, -0.2) is 15.0 Å². The third-order valence-corrected chi connectivity index (χ3v) is 3.95. The average Bonchev–Trinajstić information content (AvgIpc) is 2.62. The number of nitrogens with one attached hydrogen (secondary N) is 1. The van der Waals surface area contributed by atoms with E-state index in [1.54, 1.807) is 25.1 Å². The van der Waals surface area contributed by atoms with Gasteiger partial charge in [0.1, 0.15) is 18.2 Å². The quantitative estimate of drug-likeness (QED) is 0.715. The predicted molar refractivity (Wildman–Crippen MR) is 96.0 cm³/mol. The highest BCUT2D eigenvalue weighted by Crippen LogP contribution is 2.15. The lowest BCUT2D eigenvalue weighted by Gasteiger charge is -2.11. The molecule has 6 nitrogen and oxygen atoms in total. The minimum Gasteiger partial charge on any atom is -0.322 e. The van der Waals surface area contributed by atoms with Crippen molar-refractivity contribution in [2.45, 2.75) is 13.5 Å². The number of anilines is 1. The lowest BCUT2D eigenvalue weighted by atomic mass is 10.2. The molecule has 0 unspecified atom stereocenters. The van der Waals surface area contributed by atoms with Gasteiger partial charge in [0.2, 0.25) is 5.91 Å². The molecule has 0 spiro atoms. The molecule has 3 aromatic rings. The van der Waals surface area contributed by atoms with Crippen molar-refractivity contribution in [1.29, 1.82) is 0 Å². The Balaban J connectivity index is 1.85. The van der Waals surface area contributed by atoms with E-state index in [2.05, 4.69) is 5.32 Å². The molecule has 0 fully saturated rings. The first-order chi connectivity index (χ1) is 12.9. The molecule has 138 valence electrons. The summed E-state index contributed by atoms with van der Waals surface area (Å²) in [5.41, 5.74) is -0.559. The molecule has 1 N–H and O–H groups in total. The first kappa shape index (κ1) is 18.2. The lowest BCUT2D eigenvalue weighted by Crippen LogP contribution is -2.41. The zero-order chi connectivity index (χ0) is 19.6. The molecule has 1 aromatic heterocycles. The van der Waals surface area contributed by atoms with E-state index >= 15 is 0 Å². The Morgan fingerprint density at radius 3 is 2.48 bits per heavy atom. The van der Waals surface area contributed by atoms with Crippen LogP contribution in [-0.2, 0) is 11.3 Å². The topological polar surface area (TPSA) is 73.1 Å². The Bertz CT molecular complexity index is 1140. The molecule has 3 rings (SSSR count). The summed E-state index contributed by atoms with van der Waals surface area (Å²) >= 11 is 0. The van der Waals surface area contributed by atoms with Crippen LogP contribution in [0.5, 0.6) is 0 Å². The van der Waals surface area contributed by atoms with Gasteiger partial charge in [-0.05, 0) is 30.7 Å². The number of hydrogen-bond acceptors (Lipinski definition) is 3. The highest BCUT2D eigenvalue weighted by atomic mass is 19.1. The predicted octanol–water partition coefficient (Wildman–Crippen LogP) is 2.22. The first-order valence-electron chi connectivity index (χ1n) is 8.00. The third-order valence-electron chi connectivity index (χ3n) is 3.95. The molecule has 8 heteroatoms. The van der Waals surface area contributed by atoms with Crippen LogP contribution in [0.1, 0.15) is 5.56 Å². The maximum atomic E-state index is 13.6. The minimum atomic E-state index is -0.939. The smallest absolute Gasteiger partial charge is 0.320 e. The largest absolute Gasteiger partial charge is 0.322 e. The van der Waals surface area contributed by atoms with E-state index in [1.807, 2.05) is 6.07 Å². The fourth-order valence-corrected chi connectivity index (χ4v) is 2.59. The van der Waals surface area contributed by atoms with E-state index in [9.17, 15) is 23.2 Å². The molecule has 1 amide bonds. The molecule has 0 saturated heterocycles. The number of carbonyl (C=O) groups excluding carboxylic acids is 1. The standard InChI is InChI=1S/C19H15F2N3O3/c1-12-4-2-3-5-16(12)24-9-8-23(18(26)19(24)27)11-17(25)22-15-7-6-13(20)10-14(15)21/h2-10H,11H2,1H3,(H,22,25). The molecule has 0 bridgehead atoms. The number of amides is 1. The van der Waals surface area contributed by atoms with E-state index in [1.165, 1.54) is 17.0 Å². The number of hydrogen-bond donors (Lipinski definition) is 1. The van der Waals surface area contributed by atoms with Gasteiger partial charge >= 0.3 is 11.1 Å². The summed E-state index contributed by atoms with van der Waals surface area (Å²) in [7, 11) is 0. The normalized spacial score (nSPS) is 10.6. The number of rotatable bonds is 4. The molecule has 0 aliphatic carbocycles. The molecule has 1 heterocycles. The maximum absolute atomic E-state index is 13.6. The fourth-order valence-electron chi connectivity index (χ4n) is 2.59. The average molecular weight is 371 g/mol. The second-order valence-corrected chi connectivity index (χ2v) is 5.87. The van der Waals surface area contributed by atoms with Crippen molar-refractivity contribution in [2.24, 2.45) is 0 Å². The number of carbonyl (C=O) groups is 1. The molecular weight excluding hydrogens is 356 g/mol. The van der Waals surface area contributed by atoms with Crippen molar-refractivity contribution in [3.05, 3.63) is 92.8 Å². The van der Waals surface area contributed by atoms with Crippen LogP contribution in [0, 0.1) is 18.6 Å². The van der Waals surface area contributed by atoms with E-state index in [0.29, 0.717) is 11.8 Å². The summed E-state index contributed by atoms with van der Waals surface area (Å²) in [5.74, 6) is -2.44. The van der Waals surface area contributed by atoms with Gasteiger partial charge in [-0.15, -0.1) is 0 Å². The number of aryl methyl sites for hydroxylation is 1. The van der Waals surface area contributed by atoms with Crippen LogP contribution < -0.4 is 16.4 Å². The van der Waals surface area contributed by atoms with Crippen LogP contribution >= 0.6 is 0 Å². The second kappa shape index (κ2) is 7.36. The van der Waals surface area contributed by atoms with Crippen LogP contribution in [0.4, 0.5) is 14.5 Å². The summed E-state index contributed by atoms with van der Waals surface area (Å²) < 4.78 is 28.6. The van der Waals surface area contributed by atoms with Gasteiger partial charge in [-0.1, -0.05) is 18.2 Å². The van der Waals surface area contributed by atoms with Crippen molar-refractivity contribution in [3.63, 3.8) is 0 Å². The number of benzene rings is 2. The molecule has 2 aromatic carbocycles. The third kappa shape index (κ3) is 3.84. The maximum Gasteiger partial charge on any atom is 0.320 e. The van der Waals surface area contributed by atoms with Gasteiger partial charge < -0.3 is 5.32 Å². The molecule has 0 saturated carbocycles. The van der Waals surface area contributed by atoms with Gasteiger partial charge in [0.05, 0.1) is 11.4 Å². The molecular formula is C19H15F2N3O3. The Morgan fingerprint density at radius 2 is 1.78 bits per heavy atom. The Kier molecular flexibility index (Phi) is 4.98. The van der Waals surface area contributed by atoms with Crippen LogP contribution in [0.3, 0.4) is 0 Å². The van der Waals surface area contributed by atoms with Gasteiger partial charge in [-0.2, -0.15) is 0 Å². The highest BCUT2D eigenvalue weighted by Gasteiger charge is 2.12. The summed E-state index contributed by atoms with van der Waals surface area (Å²) in [6.45, 7) is 1.32. The second-order valence-electron chi connectivity index (χ2n) is 5.87. The number of para-hydroxylation sites is 1. The molecule has 27 heavy (non-hydrogen) atoms. The summed E-state index contributed by atoms with van der Waals surface area (Å²) in [4.78, 5) is 36.7. The van der Waals surface area contributed by atoms with Crippen molar-refractivity contribution in [2.75, 3.05) is 5.32 Å². The Hall–Kier alpha value is -3.55. The Labute approximate surface area is 152 Å². The lowest BCUT2D eigenvalue weighted by molar-refractivity contribution is -0.116. The SMILES string of the molecule is Cc1ccccc1-n1ccn(CC(=O)Nc2ccc(F)cc2F)c(=O)c1=O.